The van der Waals surface area contributed by atoms with Crippen LogP contribution in [-0.2, 0) is 31.8 Å². The van der Waals surface area contributed by atoms with Gasteiger partial charge in [-0.25, -0.2) is 4.79 Å². The van der Waals surface area contributed by atoms with E-state index in [1.54, 1.807) is 6.92 Å². The highest BCUT2D eigenvalue weighted by molar-refractivity contribution is 5.87. The van der Waals surface area contributed by atoms with Gasteiger partial charge in [0.15, 0.2) is 11.9 Å². The first kappa shape index (κ1) is 26.6. The summed E-state index contributed by atoms with van der Waals surface area (Å²) in [5.41, 5.74) is -0.647. The molecule has 7 nitrogen and oxygen atoms in total. The van der Waals surface area contributed by atoms with Crippen LogP contribution in [0.4, 0.5) is 18.0 Å². The summed E-state index contributed by atoms with van der Waals surface area (Å²) < 4.78 is 48.5. The Bertz CT molecular complexity index is 798. The summed E-state index contributed by atoms with van der Waals surface area (Å²) in [5.74, 6) is -0.969. The minimum atomic E-state index is -4.49. The lowest BCUT2D eigenvalue weighted by molar-refractivity contribution is -0.148. The predicted octanol–water partition coefficient (Wildman–Crippen LogP) is 4.82. The lowest BCUT2D eigenvalue weighted by Crippen LogP contribution is -2.36. The van der Waals surface area contributed by atoms with Crippen LogP contribution < -0.4 is 5.32 Å². The van der Waals surface area contributed by atoms with Gasteiger partial charge in [-0.3, -0.25) is 14.6 Å². The Balaban J connectivity index is 1.92. The number of amides is 1. The summed E-state index contributed by atoms with van der Waals surface area (Å²) >= 11 is 0. The molecule has 1 aliphatic rings. The fourth-order valence-corrected chi connectivity index (χ4v) is 3.53. The first-order valence-corrected chi connectivity index (χ1v) is 11.2. The van der Waals surface area contributed by atoms with E-state index in [-0.39, 0.29) is 42.4 Å². The quantitative estimate of drug-likeness (QED) is 0.634. The molecule has 2 rings (SSSR count). The van der Waals surface area contributed by atoms with Crippen LogP contribution in [-0.4, -0.2) is 35.5 Å². The highest BCUT2D eigenvalue weighted by atomic mass is 19.4. The van der Waals surface area contributed by atoms with Crippen molar-refractivity contribution in [3.05, 3.63) is 29.6 Å². The summed E-state index contributed by atoms with van der Waals surface area (Å²) in [7, 11) is 0. The Morgan fingerprint density at radius 3 is 2.45 bits per heavy atom. The van der Waals surface area contributed by atoms with Gasteiger partial charge < -0.3 is 14.8 Å². The summed E-state index contributed by atoms with van der Waals surface area (Å²) in [6.07, 6.45) is -1.23. The number of carbonyl (C=O) groups is 3. The first-order chi connectivity index (χ1) is 15.6. The zero-order valence-corrected chi connectivity index (χ0v) is 19.0. The van der Waals surface area contributed by atoms with Crippen molar-refractivity contribution in [3.8, 4) is 0 Å². The van der Waals surface area contributed by atoms with Gasteiger partial charge in [0.2, 0.25) is 0 Å². The second kappa shape index (κ2) is 12.6. The van der Waals surface area contributed by atoms with E-state index < -0.39 is 23.9 Å². The Morgan fingerprint density at radius 2 is 1.79 bits per heavy atom. The van der Waals surface area contributed by atoms with E-state index in [9.17, 15) is 27.6 Å². The van der Waals surface area contributed by atoms with Gasteiger partial charge in [-0.05, 0) is 44.2 Å². The number of pyridine rings is 1. The van der Waals surface area contributed by atoms with E-state index in [2.05, 4.69) is 10.3 Å². The molecule has 0 aliphatic carbocycles. The molecule has 1 amide bonds. The average molecular weight is 473 g/mol. The number of esters is 1. The van der Waals surface area contributed by atoms with Crippen molar-refractivity contribution in [2.45, 2.75) is 77.6 Å². The first-order valence-electron chi connectivity index (χ1n) is 11.2. The number of carbonyl (C=O) groups excluding carboxylic acids is 3. The van der Waals surface area contributed by atoms with Gasteiger partial charge in [-0.2, -0.15) is 13.2 Å². The van der Waals surface area contributed by atoms with Gasteiger partial charge in [0.25, 0.3) is 0 Å². The van der Waals surface area contributed by atoms with Crippen LogP contribution in [0, 0.1) is 11.8 Å². The monoisotopic (exact) mass is 472 g/mol. The lowest BCUT2D eigenvalue weighted by Gasteiger charge is -2.21. The third-order valence-electron chi connectivity index (χ3n) is 5.65. The standard InChI is InChI=1S/C23H31F3N2O5/c1-15-8-6-12-32-21(30)16(2)7-4-3-5-9-19(20(15)29)33-22(31)28-14-18-11-10-17(13-27-18)23(24,25)26/h10-11,13,15-16,19H,3-9,12,14H2,1-2H3,(H,28,31)/t15-,16-,19?/m1/s1. The molecular weight excluding hydrogens is 441 g/mol. The van der Waals surface area contributed by atoms with E-state index in [1.807, 2.05) is 6.92 Å². The fourth-order valence-electron chi connectivity index (χ4n) is 3.53. The number of ether oxygens (including phenoxy) is 2. The number of nitrogens with zero attached hydrogens (tertiary/aromatic N) is 1. The van der Waals surface area contributed by atoms with Crippen LogP contribution in [0.25, 0.3) is 0 Å². The zero-order chi connectivity index (χ0) is 24.4. The van der Waals surface area contributed by atoms with E-state index in [0.717, 1.165) is 18.9 Å². The number of hydrogen-bond acceptors (Lipinski definition) is 6. The van der Waals surface area contributed by atoms with Crippen molar-refractivity contribution in [2.24, 2.45) is 11.8 Å². The second-order valence-corrected chi connectivity index (χ2v) is 8.44. The number of nitrogens with one attached hydrogen (secondary N) is 1. The van der Waals surface area contributed by atoms with Crippen molar-refractivity contribution in [3.63, 3.8) is 0 Å². The maximum absolute atomic E-state index is 12.8. The maximum Gasteiger partial charge on any atom is 0.417 e. The highest BCUT2D eigenvalue weighted by Gasteiger charge is 2.31. The number of alkyl carbamates (subject to hydrolysis) is 1. The molecule has 10 heteroatoms. The molecule has 1 aromatic heterocycles. The fraction of sp³-hybridized carbons (Fsp3) is 0.652. The molecule has 1 unspecified atom stereocenters. The number of ketones is 1. The van der Waals surface area contributed by atoms with Gasteiger partial charge in [0.1, 0.15) is 0 Å². The normalized spacial score (nSPS) is 23.8. The summed E-state index contributed by atoms with van der Waals surface area (Å²) in [5, 5.41) is 2.44. The van der Waals surface area contributed by atoms with Gasteiger partial charge in [-0.1, -0.05) is 26.7 Å². The van der Waals surface area contributed by atoms with Gasteiger partial charge in [-0.15, -0.1) is 0 Å². The number of alkyl halides is 3. The Kier molecular flexibility index (Phi) is 10.1. The van der Waals surface area contributed by atoms with Crippen molar-refractivity contribution >= 4 is 17.8 Å². The number of Topliss-reactive ketones (excluding diaryl/α,β-unsaturated/α-hetero) is 1. The molecule has 0 bridgehead atoms. The van der Waals surface area contributed by atoms with Crippen molar-refractivity contribution in [1.82, 2.24) is 10.3 Å². The molecule has 1 fully saturated rings. The van der Waals surface area contributed by atoms with Crippen LogP contribution in [0.15, 0.2) is 18.3 Å². The summed E-state index contributed by atoms with van der Waals surface area (Å²) in [4.78, 5) is 40.7. The van der Waals surface area contributed by atoms with E-state index in [4.69, 9.17) is 9.47 Å². The summed E-state index contributed by atoms with van der Waals surface area (Å²) in [6, 6.07) is 2.06. The number of cyclic esters (lactones) is 1. The van der Waals surface area contributed by atoms with E-state index >= 15 is 0 Å². The van der Waals surface area contributed by atoms with Crippen LogP contribution in [0.1, 0.15) is 70.1 Å². The Hall–Kier alpha value is -2.65. The molecule has 0 spiro atoms. The van der Waals surface area contributed by atoms with E-state index in [1.165, 1.54) is 6.07 Å². The minimum Gasteiger partial charge on any atom is -0.465 e. The molecular formula is C23H31F3N2O5. The van der Waals surface area contributed by atoms with Gasteiger partial charge >= 0.3 is 18.2 Å². The van der Waals surface area contributed by atoms with Crippen LogP contribution >= 0.6 is 0 Å². The smallest absolute Gasteiger partial charge is 0.417 e. The molecule has 184 valence electrons. The molecule has 1 N–H and O–H groups in total. The topological polar surface area (TPSA) is 94.6 Å². The molecule has 0 saturated carbocycles. The van der Waals surface area contributed by atoms with Crippen LogP contribution in [0.3, 0.4) is 0 Å². The Labute approximate surface area is 191 Å². The summed E-state index contributed by atoms with van der Waals surface area (Å²) in [6.45, 7) is 3.70. The van der Waals surface area contributed by atoms with Gasteiger partial charge in [0, 0.05) is 12.1 Å². The van der Waals surface area contributed by atoms with Crippen LogP contribution in [0.5, 0.6) is 0 Å². The molecule has 1 aliphatic heterocycles. The third-order valence-corrected chi connectivity index (χ3v) is 5.65. The third kappa shape index (κ3) is 9.01. The number of halogens is 3. The van der Waals surface area contributed by atoms with Crippen molar-refractivity contribution in [2.75, 3.05) is 6.61 Å². The largest absolute Gasteiger partial charge is 0.465 e. The SMILES string of the molecule is C[C@@H]1CCCCCC(OC(=O)NCc2ccc(C(F)(F)F)cn2)C(=O)[C@H](C)CCCOC1=O. The van der Waals surface area contributed by atoms with Crippen LogP contribution in [0.2, 0.25) is 0 Å². The van der Waals surface area contributed by atoms with Crippen molar-refractivity contribution < 1.29 is 37.0 Å². The molecule has 0 radical (unpaired) electrons. The Morgan fingerprint density at radius 1 is 1.09 bits per heavy atom. The predicted molar refractivity (Wildman–Crippen MR) is 113 cm³/mol. The number of aromatic nitrogens is 1. The van der Waals surface area contributed by atoms with E-state index in [0.29, 0.717) is 38.3 Å². The maximum atomic E-state index is 12.8. The number of rotatable bonds is 3. The zero-order valence-electron chi connectivity index (χ0n) is 19.0. The van der Waals surface area contributed by atoms with Crippen molar-refractivity contribution in [1.29, 1.82) is 0 Å². The second-order valence-electron chi connectivity index (χ2n) is 8.44. The molecule has 1 aromatic rings. The number of hydrogen-bond donors (Lipinski definition) is 1. The lowest BCUT2D eigenvalue weighted by atomic mass is 9.93. The minimum absolute atomic E-state index is 0.128. The molecule has 1 saturated heterocycles. The highest BCUT2D eigenvalue weighted by Crippen LogP contribution is 2.28. The molecule has 33 heavy (non-hydrogen) atoms. The molecule has 0 aromatic carbocycles. The average Bonchev–Trinajstić information content (AvgIpc) is 2.77. The molecule has 3 atom stereocenters. The van der Waals surface area contributed by atoms with Gasteiger partial charge in [0.05, 0.1) is 30.3 Å². The molecule has 2 heterocycles.